The third-order valence-electron chi connectivity index (χ3n) is 7.68. The smallest absolute Gasteiger partial charge is 0.410 e. The van der Waals surface area contributed by atoms with Gasteiger partial charge in [0.15, 0.2) is 5.82 Å². The Balaban J connectivity index is 1.31. The molecule has 3 aliphatic carbocycles. The molecule has 2 atom stereocenters. The quantitative estimate of drug-likeness (QED) is 0.575. The Kier molecular flexibility index (Phi) is 6.09. The topological polar surface area (TPSA) is 106 Å². The number of hydrogen-bond donors (Lipinski definition) is 1. The fourth-order valence-corrected chi connectivity index (χ4v) is 5.36. The average molecular weight is 482 g/mol. The highest BCUT2D eigenvalue weighted by molar-refractivity contribution is 5.70. The molecule has 1 amide bonds. The molecule has 8 heteroatoms. The fourth-order valence-electron chi connectivity index (χ4n) is 5.36. The molecule has 8 nitrogen and oxygen atoms in total. The zero-order valence-electron chi connectivity index (χ0n) is 20.8. The molecule has 0 radical (unpaired) electrons. The molecule has 35 heavy (non-hydrogen) atoms. The summed E-state index contributed by atoms with van der Waals surface area (Å²) in [6, 6.07) is 10.4. The van der Waals surface area contributed by atoms with E-state index in [1.807, 2.05) is 43.9 Å². The van der Waals surface area contributed by atoms with Gasteiger partial charge in [0.1, 0.15) is 5.60 Å². The van der Waals surface area contributed by atoms with Crippen molar-refractivity contribution in [3.63, 3.8) is 0 Å². The largest absolute Gasteiger partial charge is 0.481 e. The third-order valence-corrected chi connectivity index (χ3v) is 7.68. The molecule has 2 aromatic rings. The Morgan fingerprint density at radius 3 is 2.43 bits per heavy atom. The van der Waals surface area contributed by atoms with Gasteiger partial charge >= 0.3 is 12.1 Å². The van der Waals surface area contributed by atoms with Crippen molar-refractivity contribution in [3.05, 3.63) is 47.6 Å². The van der Waals surface area contributed by atoms with Crippen molar-refractivity contribution in [2.75, 3.05) is 6.54 Å². The first-order valence-corrected chi connectivity index (χ1v) is 12.8. The summed E-state index contributed by atoms with van der Waals surface area (Å²) in [5.41, 5.74) is 0.368. The molecule has 0 spiro atoms. The molecule has 3 aliphatic rings. The van der Waals surface area contributed by atoms with Crippen molar-refractivity contribution >= 4 is 12.1 Å². The molecule has 2 unspecified atom stereocenters. The van der Waals surface area contributed by atoms with Crippen molar-refractivity contribution in [1.82, 2.24) is 15.0 Å². The van der Waals surface area contributed by atoms with Crippen LogP contribution in [0.4, 0.5) is 4.79 Å². The van der Waals surface area contributed by atoms with Gasteiger partial charge in [-0.05, 0) is 71.3 Å². The van der Waals surface area contributed by atoms with E-state index < -0.39 is 11.6 Å². The number of carboxylic acid groups (broad SMARTS) is 1. The monoisotopic (exact) mass is 481 g/mol. The van der Waals surface area contributed by atoms with Crippen LogP contribution in [0.1, 0.15) is 94.8 Å². The first kappa shape index (κ1) is 23.8. The fraction of sp³-hybridized carbons (Fsp3) is 0.630. The van der Waals surface area contributed by atoms with Gasteiger partial charge in [0.25, 0.3) is 0 Å². The van der Waals surface area contributed by atoms with Crippen LogP contribution < -0.4 is 0 Å². The molecule has 0 aliphatic heterocycles. The van der Waals surface area contributed by atoms with Crippen molar-refractivity contribution in [2.45, 2.75) is 94.6 Å². The number of carbonyl (C=O) groups excluding carboxylic acids is 1. The Labute approximate surface area is 206 Å². The number of aliphatic carboxylic acids is 1. The van der Waals surface area contributed by atoms with E-state index in [4.69, 9.17) is 14.2 Å². The standard InChI is InChI=1S/C27H35N3O5/c1-26(2,3)34-25(33)30(21-15-20(21)17-7-5-4-6-8-17)16-27(13-14-27)24-28-22(35-29-24)18-9-11-19(12-10-18)23(31)32/h4-8,18-21H,9-16H2,1-3H3,(H,31,32). The molecule has 3 saturated carbocycles. The van der Waals surface area contributed by atoms with Crippen molar-refractivity contribution in [2.24, 2.45) is 5.92 Å². The zero-order valence-corrected chi connectivity index (χ0v) is 20.8. The summed E-state index contributed by atoms with van der Waals surface area (Å²) in [6.07, 6.45) is 5.20. The van der Waals surface area contributed by atoms with E-state index in [1.165, 1.54) is 5.56 Å². The summed E-state index contributed by atoms with van der Waals surface area (Å²) in [6.45, 7) is 6.19. The highest BCUT2D eigenvalue weighted by Crippen LogP contribution is 2.52. The minimum Gasteiger partial charge on any atom is -0.481 e. The number of aromatic nitrogens is 2. The lowest BCUT2D eigenvalue weighted by Crippen LogP contribution is -2.43. The molecule has 1 aromatic carbocycles. The highest BCUT2D eigenvalue weighted by Gasteiger charge is 2.55. The predicted octanol–water partition coefficient (Wildman–Crippen LogP) is 5.25. The third kappa shape index (κ3) is 5.21. The number of benzene rings is 1. The van der Waals surface area contributed by atoms with E-state index in [0.29, 0.717) is 37.0 Å². The number of hydrogen-bond acceptors (Lipinski definition) is 6. The van der Waals surface area contributed by atoms with Crippen molar-refractivity contribution < 1.29 is 24.0 Å². The average Bonchev–Trinajstić information content (AvgIpc) is 3.73. The Morgan fingerprint density at radius 1 is 1.14 bits per heavy atom. The van der Waals surface area contributed by atoms with Gasteiger partial charge in [-0.1, -0.05) is 35.5 Å². The highest BCUT2D eigenvalue weighted by atomic mass is 16.6. The summed E-state index contributed by atoms with van der Waals surface area (Å²) in [7, 11) is 0. The van der Waals surface area contributed by atoms with E-state index in [9.17, 15) is 14.7 Å². The molecule has 0 saturated heterocycles. The molecule has 0 bridgehead atoms. The molecular formula is C27H35N3O5. The molecule has 3 fully saturated rings. The van der Waals surface area contributed by atoms with Gasteiger partial charge in [0.2, 0.25) is 5.89 Å². The zero-order chi connectivity index (χ0) is 24.8. The molecule has 1 heterocycles. The Bertz CT molecular complexity index is 1060. The van der Waals surface area contributed by atoms with E-state index in [1.54, 1.807) is 0 Å². The summed E-state index contributed by atoms with van der Waals surface area (Å²) in [5.74, 6) is 0.690. The van der Waals surface area contributed by atoms with E-state index in [2.05, 4.69) is 17.3 Å². The van der Waals surface area contributed by atoms with Gasteiger partial charge in [-0.15, -0.1) is 0 Å². The maximum absolute atomic E-state index is 13.3. The van der Waals surface area contributed by atoms with Crippen molar-refractivity contribution in [3.8, 4) is 0 Å². The molecule has 1 aromatic heterocycles. The van der Waals surface area contributed by atoms with Gasteiger partial charge in [-0.25, -0.2) is 4.79 Å². The molecular weight excluding hydrogens is 446 g/mol. The maximum atomic E-state index is 13.3. The minimum absolute atomic E-state index is 0.0994. The number of rotatable bonds is 7. The number of carboxylic acids is 1. The maximum Gasteiger partial charge on any atom is 0.410 e. The van der Waals surface area contributed by atoms with Gasteiger partial charge < -0.3 is 19.3 Å². The van der Waals surface area contributed by atoms with E-state index in [0.717, 1.165) is 32.1 Å². The lowest BCUT2D eigenvalue weighted by atomic mass is 9.82. The van der Waals surface area contributed by atoms with Gasteiger partial charge in [0, 0.05) is 24.4 Å². The van der Waals surface area contributed by atoms with Crippen LogP contribution >= 0.6 is 0 Å². The predicted molar refractivity (Wildman–Crippen MR) is 128 cm³/mol. The van der Waals surface area contributed by atoms with Crippen LogP contribution in [0.5, 0.6) is 0 Å². The van der Waals surface area contributed by atoms with Gasteiger partial charge in [-0.2, -0.15) is 4.98 Å². The second kappa shape index (κ2) is 8.95. The Hall–Kier alpha value is -2.90. The van der Waals surface area contributed by atoms with Crippen LogP contribution in [0, 0.1) is 5.92 Å². The normalized spacial score (nSPS) is 27.2. The van der Waals surface area contributed by atoms with Crippen molar-refractivity contribution in [1.29, 1.82) is 0 Å². The van der Waals surface area contributed by atoms with Crippen LogP contribution in [0.15, 0.2) is 34.9 Å². The first-order valence-electron chi connectivity index (χ1n) is 12.8. The first-order chi connectivity index (χ1) is 16.7. The summed E-state index contributed by atoms with van der Waals surface area (Å²) >= 11 is 0. The number of amides is 1. The van der Waals surface area contributed by atoms with Gasteiger partial charge in [-0.3, -0.25) is 4.79 Å². The lowest BCUT2D eigenvalue weighted by Gasteiger charge is -2.30. The Morgan fingerprint density at radius 2 is 1.83 bits per heavy atom. The van der Waals surface area contributed by atoms with E-state index in [-0.39, 0.29) is 29.4 Å². The van der Waals surface area contributed by atoms with E-state index >= 15 is 0 Å². The SMILES string of the molecule is CC(C)(C)OC(=O)N(CC1(c2noc(C3CCC(C(=O)O)CC3)n2)CC1)C1CC1c1ccccc1. The summed E-state index contributed by atoms with van der Waals surface area (Å²) < 4.78 is 11.5. The van der Waals surface area contributed by atoms with Crippen LogP contribution in [-0.2, 0) is 14.9 Å². The summed E-state index contributed by atoms with van der Waals surface area (Å²) in [5, 5.41) is 13.6. The molecule has 1 N–H and O–H groups in total. The second-order valence-corrected chi connectivity index (χ2v) is 11.6. The number of carbonyl (C=O) groups is 2. The summed E-state index contributed by atoms with van der Waals surface area (Å²) in [4.78, 5) is 31.2. The van der Waals surface area contributed by atoms with Crippen LogP contribution in [-0.4, -0.2) is 50.4 Å². The lowest BCUT2D eigenvalue weighted by molar-refractivity contribution is -0.142. The second-order valence-electron chi connectivity index (χ2n) is 11.6. The molecule has 5 rings (SSSR count). The number of ether oxygens (including phenoxy) is 1. The van der Waals surface area contributed by atoms with Gasteiger partial charge in [0.05, 0.1) is 11.3 Å². The van der Waals surface area contributed by atoms with Crippen LogP contribution in [0.25, 0.3) is 0 Å². The minimum atomic E-state index is -0.720. The van der Waals surface area contributed by atoms with Crippen LogP contribution in [0.2, 0.25) is 0 Å². The van der Waals surface area contributed by atoms with Crippen LogP contribution in [0.3, 0.4) is 0 Å². The molecule has 188 valence electrons. The number of nitrogens with zero attached hydrogens (tertiary/aromatic N) is 3.